The fraction of sp³-hybridized carbons (Fsp3) is 0.500. The summed E-state index contributed by atoms with van der Waals surface area (Å²) in [5, 5.41) is 9.41. The van der Waals surface area contributed by atoms with E-state index in [-0.39, 0.29) is 0 Å². The standard InChI is InChI=1S/C4H6ClNO3/c1-9-4(7)3(5)2-6-8/h2-3,8H,1H3/b6-2-. The summed E-state index contributed by atoms with van der Waals surface area (Å²) in [7, 11) is 1.20. The number of rotatable bonds is 2. The molecule has 0 aliphatic carbocycles. The van der Waals surface area contributed by atoms with Crippen LogP contribution in [0, 0.1) is 0 Å². The summed E-state index contributed by atoms with van der Waals surface area (Å²) in [6, 6.07) is 0. The third-order valence-corrected chi connectivity index (χ3v) is 0.915. The first-order valence-electron chi connectivity index (χ1n) is 2.11. The van der Waals surface area contributed by atoms with Crippen molar-refractivity contribution in [2.45, 2.75) is 5.38 Å². The number of hydrogen-bond acceptors (Lipinski definition) is 4. The molecule has 1 N–H and O–H groups in total. The number of nitrogens with zero attached hydrogens (tertiary/aromatic N) is 1. The van der Waals surface area contributed by atoms with Crippen molar-refractivity contribution in [1.29, 1.82) is 0 Å². The fourth-order valence-electron chi connectivity index (χ4n) is 0.232. The molecule has 5 heteroatoms. The van der Waals surface area contributed by atoms with Gasteiger partial charge in [-0.2, -0.15) is 0 Å². The predicted octanol–water partition coefficient (Wildman–Crippen LogP) is 0.227. The monoisotopic (exact) mass is 151 g/mol. The molecule has 9 heavy (non-hydrogen) atoms. The number of esters is 1. The van der Waals surface area contributed by atoms with Gasteiger partial charge in [0.05, 0.1) is 13.3 Å². The van der Waals surface area contributed by atoms with Crippen molar-refractivity contribution >= 4 is 23.8 Å². The minimum atomic E-state index is -1.00. The second-order valence-electron chi connectivity index (χ2n) is 1.19. The van der Waals surface area contributed by atoms with Crippen LogP contribution in [0.5, 0.6) is 0 Å². The van der Waals surface area contributed by atoms with Gasteiger partial charge in [0.15, 0.2) is 5.38 Å². The van der Waals surface area contributed by atoms with Gasteiger partial charge in [-0.3, -0.25) is 4.79 Å². The van der Waals surface area contributed by atoms with E-state index < -0.39 is 11.3 Å². The summed E-state index contributed by atoms with van der Waals surface area (Å²) in [6.07, 6.45) is 0.868. The van der Waals surface area contributed by atoms with Crippen LogP contribution in [0.4, 0.5) is 0 Å². The highest BCUT2D eigenvalue weighted by atomic mass is 35.5. The highest BCUT2D eigenvalue weighted by Gasteiger charge is 2.11. The third kappa shape index (κ3) is 2.92. The summed E-state index contributed by atoms with van der Waals surface area (Å²) in [5.74, 6) is -0.644. The number of hydrogen-bond donors (Lipinski definition) is 1. The molecule has 1 unspecified atom stereocenters. The molecule has 0 aromatic heterocycles. The maximum atomic E-state index is 10.3. The van der Waals surface area contributed by atoms with Crippen LogP contribution >= 0.6 is 11.6 Å². The van der Waals surface area contributed by atoms with Gasteiger partial charge in [-0.1, -0.05) is 5.16 Å². The van der Waals surface area contributed by atoms with Gasteiger partial charge in [0.1, 0.15) is 0 Å². The van der Waals surface area contributed by atoms with E-state index in [2.05, 4.69) is 9.89 Å². The lowest BCUT2D eigenvalue weighted by Gasteiger charge is -1.97. The van der Waals surface area contributed by atoms with Crippen molar-refractivity contribution < 1.29 is 14.7 Å². The molecule has 0 saturated heterocycles. The Morgan fingerprint density at radius 1 is 2.00 bits per heavy atom. The first-order chi connectivity index (χ1) is 4.22. The normalized spacial score (nSPS) is 13.6. The predicted molar refractivity (Wildman–Crippen MR) is 31.9 cm³/mol. The highest BCUT2D eigenvalue weighted by molar-refractivity contribution is 6.38. The Labute approximate surface area is 57.1 Å². The van der Waals surface area contributed by atoms with Gasteiger partial charge in [0, 0.05) is 0 Å². The van der Waals surface area contributed by atoms with Gasteiger partial charge < -0.3 is 9.94 Å². The molecule has 0 aliphatic rings. The van der Waals surface area contributed by atoms with Gasteiger partial charge in [-0.15, -0.1) is 11.6 Å². The van der Waals surface area contributed by atoms with Crippen molar-refractivity contribution in [2.24, 2.45) is 5.16 Å². The average molecular weight is 152 g/mol. The number of oxime groups is 1. The number of alkyl halides is 1. The van der Waals surface area contributed by atoms with Crippen LogP contribution in [-0.4, -0.2) is 29.9 Å². The van der Waals surface area contributed by atoms with Gasteiger partial charge in [-0.25, -0.2) is 0 Å². The van der Waals surface area contributed by atoms with Gasteiger partial charge >= 0.3 is 5.97 Å². The van der Waals surface area contributed by atoms with E-state index in [0.29, 0.717) is 0 Å². The Kier molecular flexibility index (Phi) is 3.79. The molecule has 0 saturated carbocycles. The lowest BCUT2D eigenvalue weighted by atomic mass is 10.5. The third-order valence-electron chi connectivity index (χ3n) is 0.624. The van der Waals surface area contributed by atoms with Crippen LogP contribution in [-0.2, 0) is 9.53 Å². The van der Waals surface area contributed by atoms with Crippen LogP contribution in [0.2, 0.25) is 0 Å². The lowest BCUT2D eigenvalue weighted by molar-refractivity contribution is -0.138. The van der Waals surface area contributed by atoms with Crippen molar-refractivity contribution in [2.75, 3.05) is 7.11 Å². The van der Waals surface area contributed by atoms with Gasteiger partial charge in [0.25, 0.3) is 0 Å². The van der Waals surface area contributed by atoms with E-state index in [1.54, 1.807) is 0 Å². The maximum absolute atomic E-state index is 10.3. The molecule has 0 bridgehead atoms. The molecular formula is C4H6ClNO3. The van der Waals surface area contributed by atoms with Crippen molar-refractivity contribution in [3.63, 3.8) is 0 Å². The first-order valence-corrected chi connectivity index (χ1v) is 2.55. The fourth-order valence-corrected chi connectivity index (χ4v) is 0.371. The molecule has 0 aromatic carbocycles. The van der Waals surface area contributed by atoms with Crippen molar-refractivity contribution in [3.8, 4) is 0 Å². The maximum Gasteiger partial charge on any atom is 0.329 e. The van der Waals surface area contributed by atoms with Crippen LogP contribution in [0.15, 0.2) is 5.16 Å². The zero-order chi connectivity index (χ0) is 7.28. The molecule has 0 aliphatic heterocycles. The lowest BCUT2D eigenvalue weighted by Crippen LogP contribution is -2.16. The van der Waals surface area contributed by atoms with Crippen molar-refractivity contribution in [3.05, 3.63) is 0 Å². The minimum absolute atomic E-state index is 0.644. The number of ether oxygens (including phenoxy) is 1. The van der Waals surface area contributed by atoms with E-state index >= 15 is 0 Å². The zero-order valence-corrected chi connectivity index (χ0v) is 5.50. The Morgan fingerprint density at radius 2 is 2.56 bits per heavy atom. The van der Waals surface area contributed by atoms with E-state index in [0.717, 1.165) is 6.21 Å². The summed E-state index contributed by atoms with van der Waals surface area (Å²) in [4.78, 5) is 10.3. The number of carbonyl (C=O) groups is 1. The van der Waals surface area contributed by atoms with Crippen LogP contribution in [0.3, 0.4) is 0 Å². The van der Waals surface area contributed by atoms with E-state index in [9.17, 15) is 4.79 Å². The van der Waals surface area contributed by atoms with E-state index in [1.807, 2.05) is 0 Å². The van der Waals surface area contributed by atoms with E-state index in [1.165, 1.54) is 7.11 Å². The van der Waals surface area contributed by atoms with Gasteiger partial charge in [-0.05, 0) is 0 Å². The molecule has 0 aromatic rings. The molecule has 0 amide bonds. The molecule has 0 spiro atoms. The summed E-state index contributed by atoms with van der Waals surface area (Å²) >= 11 is 5.25. The topological polar surface area (TPSA) is 58.9 Å². The second-order valence-corrected chi connectivity index (χ2v) is 1.66. The molecular weight excluding hydrogens is 146 g/mol. The summed E-state index contributed by atoms with van der Waals surface area (Å²) in [5.41, 5.74) is 0. The SMILES string of the molecule is COC(=O)C(Cl)/C=N\O. The van der Waals surface area contributed by atoms with Crippen molar-refractivity contribution in [1.82, 2.24) is 0 Å². The quantitative estimate of drug-likeness (QED) is 0.202. The first kappa shape index (κ1) is 8.23. The second kappa shape index (κ2) is 4.14. The summed E-state index contributed by atoms with van der Waals surface area (Å²) < 4.78 is 4.19. The minimum Gasteiger partial charge on any atom is -0.468 e. The average Bonchev–Trinajstić information content (AvgIpc) is 1.87. The largest absolute Gasteiger partial charge is 0.468 e. The Bertz CT molecular complexity index is 125. The molecule has 1 atom stereocenters. The molecule has 0 fully saturated rings. The van der Waals surface area contributed by atoms with Crippen LogP contribution in [0.1, 0.15) is 0 Å². The van der Waals surface area contributed by atoms with Crippen LogP contribution < -0.4 is 0 Å². The van der Waals surface area contributed by atoms with Crippen LogP contribution in [0.25, 0.3) is 0 Å². The Morgan fingerprint density at radius 3 is 2.89 bits per heavy atom. The number of halogens is 1. The molecule has 0 heterocycles. The Hall–Kier alpha value is -0.770. The number of methoxy groups -OCH3 is 1. The number of carbonyl (C=O) groups excluding carboxylic acids is 1. The molecule has 4 nitrogen and oxygen atoms in total. The van der Waals surface area contributed by atoms with Gasteiger partial charge in [0.2, 0.25) is 0 Å². The summed E-state index contributed by atoms with van der Waals surface area (Å²) in [6.45, 7) is 0. The zero-order valence-electron chi connectivity index (χ0n) is 4.74. The molecule has 0 radical (unpaired) electrons. The molecule has 52 valence electrons. The highest BCUT2D eigenvalue weighted by Crippen LogP contribution is 1.93. The van der Waals surface area contributed by atoms with E-state index in [4.69, 9.17) is 16.8 Å². The smallest absolute Gasteiger partial charge is 0.329 e. The molecule has 0 rings (SSSR count). The Balaban J connectivity index is 3.72.